The summed E-state index contributed by atoms with van der Waals surface area (Å²) in [7, 11) is 1.80. The van der Waals surface area contributed by atoms with Gasteiger partial charge in [-0.3, -0.25) is 14.3 Å². The summed E-state index contributed by atoms with van der Waals surface area (Å²) in [6.07, 6.45) is 0. The summed E-state index contributed by atoms with van der Waals surface area (Å²) >= 11 is 0. The van der Waals surface area contributed by atoms with Crippen molar-refractivity contribution in [3.8, 4) is 0 Å². The van der Waals surface area contributed by atoms with Crippen LogP contribution in [0.25, 0.3) is 0 Å². The van der Waals surface area contributed by atoms with Crippen molar-refractivity contribution in [3.63, 3.8) is 0 Å². The normalized spacial score (nSPS) is 24.1. The fourth-order valence-corrected chi connectivity index (χ4v) is 2.74. The van der Waals surface area contributed by atoms with Crippen LogP contribution in [0.15, 0.2) is 0 Å². The van der Waals surface area contributed by atoms with Gasteiger partial charge in [0, 0.05) is 7.05 Å². The molecule has 1 aliphatic carbocycles. The van der Waals surface area contributed by atoms with E-state index in [1.165, 1.54) is 0 Å². The fraction of sp³-hybridized carbons (Fsp3) is 0.615. The Balaban J connectivity index is 2.17. The molecular formula is C13H19N3O3. The number of nitrogens with one attached hydrogen (secondary N) is 1. The summed E-state index contributed by atoms with van der Waals surface area (Å²) in [5, 5.41) is 16.1. The van der Waals surface area contributed by atoms with Crippen molar-refractivity contribution in [1.29, 1.82) is 0 Å². The number of amides is 1. The molecule has 1 aliphatic rings. The molecule has 0 aromatic carbocycles. The van der Waals surface area contributed by atoms with Gasteiger partial charge in [0.25, 0.3) is 0 Å². The van der Waals surface area contributed by atoms with E-state index in [1.54, 1.807) is 25.6 Å². The zero-order chi connectivity index (χ0) is 14.5. The third-order valence-electron chi connectivity index (χ3n) is 4.13. The molecule has 0 unspecified atom stereocenters. The molecule has 0 spiro atoms. The number of nitrogens with zero attached hydrogens (tertiary/aromatic N) is 2. The lowest BCUT2D eigenvalue weighted by Crippen LogP contribution is -2.18. The van der Waals surface area contributed by atoms with Crippen LogP contribution in [-0.2, 0) is 16.6 Å². The maximum Gasteiger partial charge on any atom is 0.307 e. The van der Waals surface area contributed by atoms with Gasteiger partial charge in [-0.25, -0.2) is 0 Å². The van der Waals surface area contributed by atoms with Crippen LogP contribution in [0.1, 0.15) is 25.2 Å². The van der Waals surface area contributed by atoms with Crippen LogP contribution in [0.5, 0.6) is 0 Å². The zero-order valence-corrected chi connectivity index (χ0v) is 11.8. The molecule has 1 aromatic rings. The standard InChI is InChI=1S/C13H19N3O3/c1-6-10(7(2)16(5)15-6)14-11(17)8-9(12(18)19)13(8,3)4/h8-9H,1-5H3,(H,14,17)(H,18,19)/t8-,9+/m1/s1. The Bertz CT molecular complexity index is 560. The summed E-state index contributed by atoms with van der Waals surface area (Å²) in [6, 6.07) is 0. The number of aromatic nitrogens is 2. The lowest BCUT2D eigenvalue weighted by Gasteiger charge is -2.06. The van der Waals surface area contributed by atoms with Gasteiger partial charge in [0.15, 0.2) is 0 Å². The molecule has 0 aliphatic heterocycles. The molecule has 19 heavy (non-hydrogen) atoms. The van der Waals surface area contributed by atoms with Gasteiger partial charge in [-0.2, -0.15) is 5.10 Å². The number of rotatable bonds is 3. The SMILES string of the molecule is Cc1nn(C)c(C)c1NC(=O)[C@H]1[C@@H](C(=O)O)C1(C)C. The van der Waals surface area contributed by atoms with E-state index in [9.17, 15) is 9.59 Å². The summed E-state index contributed by atoms with van der Waals surface area (Å²) in [5.41, 5.74) is 1.79. The third kappa shape index (κ3) is 2.01. The van der Waals surface area contributed by atoms with Gasteiger partial charge in [-0.15, -0.1) is 0 Å². The van der Waals surface area contributed by atoms with Crippen molar-refractivity contribution < 1.29 is 14.7 Å². The molecule has 1 amide bonds. The number of hydrogen-bond acceptors (Lipinski definition) is 3. The highest BCUT2D eigenvalue weighted by atomic mass is 16.4. The maximum atomic E-state index is 12.2. The van der Waals surface area contributed by atoms with Crippen LogP contribution in [0.4, 0.5) is 5.69 Å². The van der Waals surface area contributed by atoms with Gasteiger partial charge in [0.1, 0.15) is 0 Å². The molecule has 0 radical (unpaired) electrons. The van der Waals surface area contributed by atoms with E-state index in [1.807, 2.05) is 13.8 Å². The van der Waals surface area contributed by atoms with Crippen molar-refractivity contribution >= 4 is 17.6 Å². The van der Waals surface area contributed by atoms with Crippen LogP contribution in [0, 0.1) is 31.1 Å². The van der Waals surface area contributed by atoms with Crippen LogP contribution < -0.4 is 5.32 Å². The van der Waals surface area contributed by atoms with Crippen molar-refractivity contribution in [2.24, 2.45) is 24.3 Å². The van der Waals surface area contributed by atoms with Crippen LogP contribution in [0.3, 0.4) is 0 Å². The minimum absolute atomic E-state index is 0.239. The van der Waals surface area contributed by atoms with Gasteiger partial charge >= 0.3 is 5.97 Å². The Morgan fingerprint density at radius 3 is 2.26 bits per heavy atom. The topological polar surface area (TPSA) is 84.2 Å². The summed E-state index contributed by atoms with van der Waals surface area (Å²) in [4.78, 5) is 23.3. The molecule has 0 bridgehead atoms. The molecule has 1 fully saturated rings. The predicted octanol–water partition coefficient (Wildman–Crippen LogP) is 1.33. The number of carbonyl (C=O) groups is 2. The molecule has 104 valence electrons. The van der Waals surface area contributed by atoms with Crippen molar-refractivity contribution in [3.05, 3.63) is 11.4 Å². The molecular weight excluding hydrogens is 246 g/mol. The molecule has 1 aromatic heterocycles. The van der Waals surface area contributed by atoms with Gasteiger partial charge in [-0.05, 0) is 19.3 Å². The minimum atomic E-state index is -0.912. The average molecular weight is 265 g/mol. The average Bonchev–Trinajstić information content (AvgIpc) is 2.79. The smallest absolute Gasteiger partial charge is 0.307 e. The minimum Gasteiger partial charge on any atom is -0.481 e. The largest absolute Gasteiger partial charge is 0.481 e. The van der Waals surface area contributed by atoms with E-state index < -0.39 is 23.2 Å². The zero-order valence-electron chi connectivity index (χ0n) is 11.8. The van der Waals surface area contributed by atoms with E-state index in [0.717, 1.165) is 11.4 Å². The van der Waals surface area contributed by atoms with Crippen molar-refractivity contribution in [1.82, 2.24) is 9.78 Å². The monoisotopic (exact) mass is 265 g/mol. The third-order valence-corrected chi connectivity index (χ3v) is 4.13. The van der Waals surface area contributed by atoms with Gasteiger partial charge in [0.05, 0.1) is 28.9 Å². The van der Waals surface area contributed by atoms with E-state index in [4.69, 9.17) is 5.11 Å². The highest BCUT2D eigenvalue weighted by molar-refractivity contribution is 6.00. The Labute approximate surface area is 111 Å². The summed E-state index contributed by atoms with van der Waals surface area (Å²) < 4.78 is 1.69. The number of anilines is 1. The second kappa shape index (κ2) is 4.08. The number of aliphatic carboxylic acids is 1. The van der Waals surface area contributed by atoms with Gasteiger partial charge < -0.3 is 10.4 Å². The first-order valence-corrected chi connectivity index (χ1v) is 6.21. The Kier molecular flexibility index (Phi) is 2.91. The van der Waals surface area contributed by atoms with Crippen molar-refractivity contribution in [2.75, 3.05) is 5.32 Å². The van der Waals surface area contributed by atoms with E-state index in [-0.39, 0.29) is 5.91 Å². The van der Waals surface area contributed by atoms with E-state index in [2.05, 4.69) is 10.4 Å². The van der Waals surface area contributed by atoms with Gasteiger partial charge in [-0.1, -0.05) is 13.8 Å². The summed E-state index contributed by atoms with van der Waals surface area (Å²) in [6.45, 7) is 7.29. The first-order valence-electron chi connectivity index (χ1n) is 6.21. The molecule has 6 heteroatoms. The molecule has 6 nitrogen and oxygen atoms in total. The number of hydrogen-bond donors (Lipinski definition) is 2. The second-order valence-electron chi connectivity index (χ2n) is 5.77. The van der Waals surface area contributed by atoms with Gasteiger partial charge in [0.2, 0.25) is 5.91 Å². The quantitative estimate of drug-likeness (QED) is 0.863. The highest BCUT2D eigenvalue weighted by Crippen LogP contribution is 2.58. The van der Waals surface area contributed by atoms with Crippen LogP contribution >= 0.6 is 0 Å². The second-order valence-corrected chi connectivity index (χ2v) is 5.77. The number of carboxylic acids is 1. The lowest BCUT2D eigenvalue weighted by molar-refractivity contribution is -0.140. The molecule has 2 N–H and O–H groups in total. The van der Waals surface area contributed by atoms with E-state index >= 15 is 0 Å². The molecule has 1 saturated carbocycles. The Hall–Kier alpha value is -1.85. The fourth-order valence-electron chi connectivity index (χ4n) is 2.74. The van der Waals surface area contributed by atoms with Crippen LogP contribution in [0.2, 0.25) is 0 Å². The predicted molar refractivity (Wildman–Crippen MR) is 69.7 cm³/mol. The molecule has 0 saturated heterocycles. The molecule has 1 heterocycles. The lowest BCUT2D eigenvalue weighted by atomic mass is 10.1. The Morgan fingerprint density at radius 2 is 1.89 bits per heavy atom. The number of aryl methyl sites for hydroxylation is 2. The van der Waals surface area contributed by atoms with E-state index in [0.29, 0.717) is 5.69 Å². The summed E-state index contributed by atoms with van der Waals surface area (Å²) in [5.74, 6) is -2.24. The van der Waals surface area contributed by atoms with Crippen molar-refractivity contribution in [2.45, 2.75) is 27.7 Å². The molecule has 2 atom stereocenters. The highest BCUT2D eigenvalue weighted by Gasteiger charge is 2.65. The maximum absolute atomic E-state index is 12.2. The first kappa shape index (κ1) is 13.6. The molecule has 2 rings (SSSR count). The number of carbonyl (C=O) groups excluding carboxylic acids is 1. The first-order chi connectivity index (χ1) is 8.67. The van der Waals surface area contributed by atoms with Crippen LogP contribution in [-0.4, -0.2) is 26.8 Å². The number of carboxylic acid groups (broad SMARTS) is 1. The Morgan fingerprint density at radius 1 is 1.32 bits per heavy atom.